The van der Waals surface area contributed by atoms with Gasteiger partial charge >= 0.3 is 0 Å². The molecular weight excluding hydrogens is 685 g/mol. The first kappa shape index (κ1) is 32.0. The molecular formula is C51H34N4O. The summed E-state index contributed by atoms with van der Waals surface area (Å²) in [5, 5.41) is 5.38. The van der Waals surface area contributed by atoms with Gasteiger partial charge in [-0.25, -0.2) is 9.97 Å². The molecule has 11 rings (SSSR count). The molecule has 0 saturated heterocycles. The van der Waals surface area contributed by atoms with Crippen molar-refractivity contribution in [2.45, 2.75) is 0 Å². The highest BCUT2D eigenvalue weighted by Crippen LogP contribution is 2.45. The lowest BCUT2D eigenvalue weighted by molar-refractivity contribution is 0.666. The summed E-state index contributed by atoms with van der Waals surface area (Å²) in [6, 6.07) is 65.8. The van der Waals surface area contributed by atoms with E-state index in [1.165, 1.54) is 10.8 Å². The lowest BCUT2D eigenvalue weighted by Crippen LogP contribution is -2.10. The van der Waals surface area contributed by atoms with Gasteiger partial charge in [0, 0.05) is 62.0 Å². The average molecular weight is 719 g/mol. The van der Waals surface area contributed by atoms with Gasteiger partial charge in [0.25, 0.3) is 0 Å². The molecule has 0 atom stereocenters. The third-order valence-electron chi connectivity index (χ3n) is 11.0. The predicted octanol–water partition coefficient (Wildman–Crippen LogP) is 13.4. The Hall–Kier alpha value is -7.50. The molecule has 264 valence electrons. The van der Waals surface area contributed by atoms with Crippen LogP contribution in [-0.2, 0) is 0 Å². The van der Waals surface area contributed by atoms with Gasteiger partial charge in [-0.15, -0.1) is 0 Å². The summed E-state index contributed by atoms with van der Waals surface area (Å²) in [6.45, 7) is 0. The van der Waals surface area contributed by atoms with Crippen LogP contribution in [0, 0.1) is 0 Å². The normalized spacial score (nSPS) is 11.7. The van der Waals surface area contributed by atoms with Gasteiger partial charge in [0.1, 0.15) is 5.58 Å². The molecule has 0 aliphatic carbocycles. The van der Waals surface area contributed by atoms with Crippen LogP contribution in [0.4, 0.5) is 11.4 Å². The first-order chi connectivity index (χ1) is 27.7. The SMILES string of the molecule is CN(c1ccccc1)c1cc2c3ccccc3n(-c3cccc4c3oc3cccc(-c5nc(-c6ccccc6)c6ccccc6n5)c34)c2cc1-c1ccccc1. The van der Waals surface area contributed by atoms with E-state index in [0.717, 1.165) is 88.9 Å². The highest BCUT2D eigenvalue weighted by atomic mass is 16.3. The van der Waals surface area contributed by atoms with Crippen molar-refractivity contribution in [2.75, 3.05) is 11.9 Å². The van der Waals surface area contributed by atoms with E-state index in [1.54, 1.807) is 0 Å². The second-order valence-electron chi connectivity index (χ2n) is 14.2. The quantitative estimate of drug-likeness (QED) is 0.172. The van der Waals surface area contributed by atoms with Crippen molar-refractivity contribution in [3.8, 4) is 39.5 Å². The third kappa shape index (κ3) is 5.02. The largest absolute Gasteiger partial charge is 0.454 e. The lowest BCUT2D eigenvalue weighted by Gasteiger charge is -2.23. The highest BCUT2D eigenvalue weighted by molar-refractivity contribution is 6.17. The first-order valence-electron chi connectivity index (χ1n) is 18.9. The molecule has 5 heteroatoms. The molecule has 0 amide bonds. The molecule has 0 bridgehead atoms. The van der Waals surface area contributed by atoms with Crippen LogP contribution >= 0.6 is 0 Å². The molecule has 0 N–H and O–H groups in total. The van der Waals surface area contributed by atoms with Crippen LogP contribution in [0.2, 0.25) is 0 Å². The van der Waals surface area contributed by atoms with E-state index < -0.39 is 0 Å². The van der Waals surface area contributed by atoms with Crippen LogP contribution in [0.3, 0.4) is 0 Å². The minimum absolute atomic E-state index is 0.667. The van der Waals surface area contributed by atoms with Gasteiger partial charge in [-0.1, -0.05) is 140 Å². The Morgan fingerprint density at radius 3 is 1.96 bits per heavy atom. The molecule has 0 spiro atoms. The van der Waals surface area contributed by atoms with Crippen molar-refractivity contribution in [3.63, 3.8) is 0 Å². The van der Waals surface area contributed by atoms with Crippen LogP contribution in [0.1, 0.15) is 0 Å². The number of para-hydroxylation sites is 4. The zero-order valence-electron chi connectivity index (χ0n) is 30.6. The molecule has 0 aliphatic rings. The Kier molecular flexibility index (Phi) is 7.32. The number of aromatic nitrogens is 3. The summed E-state index contributed by atoms with van der Waals surface area (Å²) in [7, 11) is 2.15. The number of anilines is 2. The van der Waals surface area contributed by atoms with E-state index in [-0.39, 0.29) is 0 Å². The second kappa shape index (κ2) is 12.8. The molecule has 0 fully saturated rings. The van der Waals surface area contributed by atoms with Crippen molar-refractivity contribution in [1.29, 1.82) is 0 Å². The molecule has 0 saturated carbocycles. The average Bonchev–Trinajstić information content (AvgIpc) is 3.82. The van der Waals surface area contributed by atoms with Crippen LogP contribution in [-0.4, -0.2) is 21.6 Å². The Balaban J connectivity index is 1.17. The number of hydrogen-bond acceptors (Lipinski definition) is 4. The number of benzene rings is 8. The molecule has 8 aromatic carbocycles. The van der Waals surface area contributed by atoms with Gasteiger partial charge in [0.2, 0.25) is 0 Å². The summed E-state index contributed by atoms with van der Waals surface area (Å²) in [5.74, 6) is 0.667. The number of hydrogen-bond donors (Lipinski definition) is 0. The molecule has 56 heavy (non-hydrogen) atoms. The Morgan fingerprint density at radius 2 is 1.16 bits per heavy atom. The van der Waals surface area contributed by atoms with Gasteiger partial charge in [-0.3, -0.25) is 0 Å². The minimum Gasteiger partial charge on any atom is -0.454 e. The molecule has 0 radical (unpaired) electrons. The van der Waals surface area contributed by atoms with E-state index in [4.69, 9.17) is 14.4 Å². The van der Waals surface area contributed by atoms with Gasteiger partial charge in [0.05, 0.1) is 27.9 Å². The standard InChI is InChI=1S/C51H34N4O/c1-54(35-21-9-4-10-22-35)45-32-41-36-23-12-14-28-43(36)55(46(41)31-40(45)33-17-5-2-6-18-33)44-29-15-25-38-48-39(26-16-30-47(48)56-50(38)44)51-52-42-27-13-11-24-37(42)49(53-51)34-19-7-3-8-20-34/h2-32H,1H3. The van der Waals surface area contributed by atoms with Gasteiger partial charge in [0.15, 0.2) is 11.4 Å². The Morgan fingerprint density at radius 1 is 0.500 bits per heavy atom. The monoisotopic (exact) mass is 718 g/mol. The van der Waals surface area contributed by atoms with Crippen molar-refractivity contribution in [1.82, 2.24) is 14.5 Å². The Labute approximate surface area is 323 Å². The van der Waals surface area contributed by atoms with E-state index in [9.17, 15) is 0 Å². The zero-order chi connectivity index (χ0) is 37.2. The fourth-order valence-corrected chi connectivity index (χ4v) is 8.39. The van der Waals surface area contributed by atoms with Gasteiger partial charge in [-0.05, 0) is 54.1 Å². The molecule has 0 unspecified atom stereocenters. The second-order valence-corrected chi connectivity index (χ2v) is 14.2. The molecule has 11 aromatic rings. The highest BCUT2D eigenvalue weighted by Gasteiger charge is 2.23. The summed E-state index contributed by atoms with van der Waals surface area (Å²) in [5.41, 5.74) is 13.2. The summed E-state index contributed by atoms with van der Waals surface area (Å²) in [4.78, 5) is 12.7. The van der Waals surface area contributed by atoms with Crippen molar-refractivity contribution in [3.05, 3.63) is 188 Å². The third-order valence-corrected chi connectivity index (χ3v) is 11.0. The zero-order valence-corrected chi connectivity index (χ0v) is 30.6. The maximum Gasteiger partial charge on any atom is 0.161 e. The van der Waals surface area contributed by atoms with E-state index in [1.807, 2.05) is 30.3 Å². The maximum absolute atomic E-state index is 6.92. The van der Waals surface area contributed by atoms with Gasteiger partial charge < -0.3 is 13.9 Å². The summed E-state index contributed by atoms with van der Waals surface area (Å²) in [6.07, 6.45) is 0. The fourth-order valence-electron chi connectivity index (χ4n) is 8.39. The molecule has 3 heterocycles. The van der Waals surface area contributed by atoms with E-state index in [2.05, 4.69) is 174 Å². The fraction of sp³-hybridized carbons (Fsp3) is 0.0196. The summed E-state index contributed by atoms with van der Waals surface area (Å²) >= 11 is 0. The Bertz CT molecular complexity index is 3260. The topological polar surface area (TPSA) is 47.1 Å². The van der Waals surface area contributed by atoms with Gasteiger partial charge in [-0.2, -0.15) is 0 Å². The molecule has 0 aliphatic heterocycles. The number of rotatable bonds is 6. The minimum atomic E-state index is 0.667. The van der Waals surface area contributed by atoms with Crippen molar-refractivity contribution >= 4 is 66.0 Å². The van der Waals surface area contributed by atoms with Crippen LogP contribution < -0.4 is 4.90 Å². The van der Waals surface area contributed by atoms with Crippen molar-refractivity contribution < 1.29 is 4.42 Å². The maximum atomic E-state index is 6.92. The van der Waals surface area contributed by atoms with Crippen molar-refractivity contribution in [2.24, 2.45) is 0 Å². The van der Waals surface area contributed by atoms with Crippen LogP contribution in [0.15, 0.2) is 192 Å². The first-order valence-corrected chi connectivity index (χ1v) is 18.9. The molecule has 5 nitrogen and oxygen atoms in total. The predicted molar refractivity (Wildman–Crippen MR) is 232 cm³/mol. The lowest BCUT2D eigenvalue weighted by atomic mass is 10.00. The van der Waals surface area contributed by atoms with Crippen LogP contribution in [0.25, 0.3) is 94.1 Å². The van der Waals surface area contributed by atoms with E-state index >= 15 is 0 Å². The van der Waals surface area contributed by atoms with E-state index in [0.29, 0.717) is 5.82 Å². The van der Waals surface area contributed by atoms with Crippen LogP contribution in [0.5, 0.6) is 0 Å². The summed E-state index contributed by atoms with van der Waals surface area (Å²) < 4.78 is 9.29. The number of furan rings is 1. The number of fused-ring (bicyclic) bond motifs is 7. The number of nitrogens with zero attached hydrogens (tertiary/aromatic N) is 4. The molecule has 3 aromatic heterocycles. The smallest absolute Gasteiger partial charge is 0.161 e.